The molecular formula is C31H24N2O. The van der Waals surface area contributed by atoms with Crippen LogP contribution in [-0.2, 0) is 6.54 Å². The van der Waals surface area contributed by atoms with E-state index in [1.54, 1.807) is 0 Å². The highest BCUT2D eigenvalue weighted by molar-refractivity contribution is 6.12. The molecule has 5 aromatic rings. The number of para-hydroxylation sites is 2. The molecule has 1 heterocycles. The van der Waals surface area contributed by atoms with Gasteiger partial charge in [-0.05, 0) is 40.6 Å². The van der Waals surface area contributed by atoms with Crippen molar-refractivity contribution in [3.8, 4) is 0 Å². The first kappa shape index (κ1) is 20.3. The lowest BCUT2D eigenvalue weighted by molar-refractivity contribution is 0.0968. The number of anilines is 2. The number of hydrogen-bond acceptors (Lipinski definition) is 2. The van der Waals surface area contributed by atoms with E-state index in [4.69, 9.17) is 0 Å². The third-order valence-electron chi connectivity index (χ3n) is 6.53. The lowest BCUT2D eigenvalue weighted by Gasteiger charge is -2.46. The molecule has 0 aliphatic carbocycles. The predicted molar refractivity (Wildman–Crippen MR) is 139 cm³/mol. The van der Waals surface area contributed by atoms with E-state index in [2.05, 4.69) is 77.7 Å². The monoisotopic (exact) mass is 440 g/mol. The Hall–Kier alpha value is -4.37. The van der Waals surface area contributed by atoms with Crippen molar-refractivity contribution in [2.24, 2.45) is 0 Å². The van der Waals surface area contributed by atoms with Gasteiger partial charge in [-0.2, -0.15) is 0 Å². The van der Waals surface area contributed by atoms with Crippen molar-refractivity contribution in [3.05, 3.63) is 144 Å². The van der Waals surface area contributed by atoms with Crippen molar-refractivity contribution in [2.45, 2.75) is 12.7 Å². The Balaban J connectivity index is 1.63. The Labute approximate surface area is 199 Å². The average molecular weight is 441 g/mol. The summed E-state index contributed by atoms with van der Waals surface area (Å²) in [4.78, 5) is 18.3. The van der Waals surface area contributed by atoms with Crippen LogP contribution in [0, 0.1) is 0 Å². The lowest BCUT2D eigenvalue weighted by atomic mass is 9.95. The van der Waals surface area contributed by atoms with E-state index in [9.17, 15) is 4.79 Å². The van der Waals surface area contributed by atoms with Gasteiger partial charge in [0, 0.05) is 17.8 Å². The molecule has 164 valence electrons. The van der Waals surface area contributed by atoms with Crippen molar-refractivity contribution in [1.29, 1.82) is 0 Å². The number of hydrogen-bond donors (Lipinski definition) is 0. The molecule has 0 saturated heterocycles. The highest BCUT2D eigenvalue weighted by Crippen LogP contribution is 2.43. The van der Waals surface area contributed by atoms with Crippen molar-refractivity contribution in [2.75, 3.05) is 9.80 Å². The van der Waals surface area contributed by atoms with Gasteiger partial charge in [0.15, 0.2) is 0 Å². The Morgan fingerprint density at radius 3 is 2.09 bits per heavy atom. The molecule has 5 aromatic carbocycles. The Morgan fingerprint density at radius 2 is 1.26 bits per heavy atom. The fraction of sp³-hybridized carbons (Fsp3) is 0.0645. The Kier molecular flexibility index (Phi) is 5.08. The normalized spacial score (nSPS) is 15.4. The van der Waals surface area contributed by atoms with Crippen molar-refractivity contribution in [1.82, 2.24) is 0 Å². The fourth-order valence-electron chi connectivity index (χ4n) is 5.00. The first-order valence-corrected chi connectivity index (χ1v) is 11.6. The molecular weight excluding hydrogens is 416 g/mol. The number of carbonyl (C=O) groups is 1. The molecule has 0 N–H and O–H groups in total. The molecule has 0 saturated carbocycles. The van der Waals surface area contributed by atoms with E-state index in [0.717, 1.165) is 27.9 Å². The molecule has 3 nitrogen and oxygen atoms in total. The van der Waals surface area contributed by atoms with Crippen molar-refractivity contribution in [3.63, 3.8) is 0 Å². The van der Waals surface area contributed by atoms with Crippen molar-refractivity contribution >= 4 is 28.1 Å². The molecule has 1 aliphatic heterocycles. The molecule has 0 radical (unpaired) electrons. The third-order valence-corrected chi connectivity index (χ3v) is 6.53. The number of nitrogens with zero attached hydrogens (tertiary/aromatic N) is 2. The number of rotatable bonds is 4. The van der Waals surface area contributed by atoms with Crippen LogP contribution >= 0.6 is 0 Å². The van der Waals surface area contributed by atoms with Gasteiger partial charge in [0.25, 0.3) is 5.91 Å². The maximum absolute atomic E-state index is 14.0. The molecule has 0 unspecified atom stereocenters. The fourth-order valence-corrected chi connectivity index (χ4v) is 5.00. The summed E-state index contributed by atoms with van der Waals surface area (Å²) in [6.45, 7) is 0.683. The molecule has 0 bridgehead atoms. The second-order valence-corrected chi connectivity index (χ2v) is 8.58. The molecule has 1 aliphatic rings. The highest BCUT2D eigenvalue weighted by atomic mass is 16.2. The summed E-state index contributed by atoms with van der Waals surface area (Å²) in [5, 5.41) is 2.32. The topological polar surface area (TPSA) is 23.6 Å². The minimum absolute atomic E-state index is 0.0176. The summed E-state index contributed by atoms with van der Waals surface area (Å²) >= 11 is 0. The highest BCUT2D eigenvalue weighted by Gasteiger charge is 2.40. The zero-order valence-corrected chi connectivity index (χ0v) is 18.7. The van der Waals surface area contributed by atoms with Crippen LogP contribution in [0.15, 0.2) is 127 Å². The zero-order chi connectivity index (χ0) is 22.9. The first-order chi connectivity index (χ1) is 16.8. The SMILES string of the molecule is O=C1c2ccccc2N(Cc2ccccc2)[C@H](c2cccc3ccccc23)N1c1ccccc1. The molecule has 6 rings (SSSR count). The van der Waals surface area contributed by atoms with Gasteiger partial charge >= 0.3 is 0 Å². The molecule has 0 fully saturated rings. The summed E-state index contributed by atoms with van der Waals surface area (Å²) in [6, 6.07) is 43.2. The molecule has 34 heavy (non-hydrogen) atoms. The largest absolute Gasteiger partial charge is 0.342 e. The van der Waals surface area contributed by atoms with E-state index in [1.807, 2.05) is 59.5 Å². The second kappa shape index (κ2) is 8.53. The quantitative estimate of drug-likeness (QED) is 0.295. The van der Waals surface area contributed by atoms with Gasteiger partial charge in [0.1, 0.15) is 6.17 Å². The standard InChI is InChI=1S/C31H24N2O/c34-31-28-19-9-10-21-29(28)32(22-23-12-3-1-4-13-23)30(33(31)25-16-5-2-6-17-25)27-20-11-15-24-14-7-8-18-26(24)27/h1-21,30H,22H2/t30-/m0/s1. The molecule has 1 atom stereocenters. The lowest BCUT2D eigenvalue weighted by Crippen LogP contribution is -2.49. The van der Waals surface area contributed by atoms with Crippen LogP contribution in [-0.4, -0.2) is 5.91 Å². The predicted octanol–water partition coefficient (Wildman–Crippen LogP) is 7.21. The summed E-state index contributed by atoms with van der Waals surface area (Å²) < 4.78 is 0. The van der Waals surface area contributed by atoms with Gasteiger partial charge in [-0.15, -0.1) is 0 Å². The molecule has 3 heteroatoms. The van der Waals surface area contributed by atoms with Crippen LogP contribution < -0.4 is 9.80 Å². The van der Waals surface area contributed by atoms with E-state index >= 15 is 0 Å². The van der Waals surface area contributed by atoms with E-state index in [0.29, 0.717) is 6.54 Å². The maximum Gasteiger partial charge on any atom is 0.262 e. The Bertz CT molecular complexity index is 1460. The average Bonchev–Trinajstić information content (AvgIpc) is 2.91. The molecule has 1 amide bonds. The van der Waals surface area contributed by atoms with E-state index in [1.165, 1.54) is 10.9 Å². The van der Waals surface area contributed by atoms with Gasteiger partial charge < -0.3 is 4.90 Å². The third kappa shape index (κ3) is 3.43. The number of fused-ring (bicyclic) bond motifs is 2. The van der Waals surface area contributed by atoms with Crippen LogP contribution in [0.2, 0.25) is 0 Å². The van der Waals surface area contributed by atoms with Crippen molar-refractivity contribution < 1.29 is 4.79 Å². The van der Waals surface area contributed by atoms with Gasteiger partial charge in [-0.25, -0.2) is 0 Å². The van der Waals surface area contributed by atoms with Crippen LogP contribution in [0.4, 0.5) is 11.4 Å². The minimum atomic E-state index is -0.295. The number of carbonyl (C=O) groups excluding carboxylic acids is 1. The minimum Gasteiger partial charge on any atom is -0.342 e. The van der Waals surface area contributed by atoms with Gasteiger partial charge in [0.05, 0.1) is 11.3 Å². The van der Waals surface area contributed by atoms with E-state index in [-0.39, 0.29) is 12.1 Å². The molecule has 0 aromatic heterocycles. The summed E-state index contributed by atoms with van der Waals surface area (Å²) in [5.74, 6) is 0.0176. The first-order valence-electron chi connectivity index (χ1n) is 11.6. The van der Waals surface area contributed by atoms with Crippen LogP contribution in [0.25, 0.3) is 10.8 Å². The van der Waals surface area contributed by atoms with Gasteiger partial charge in [-0.3, -0.25) is 9.69 Å². The Morgan fingerprint density at radius 1 is 0.618 bits per heavy atom. The number of benzene rings is 5. The van der Waals surface area contributed by atoms with E-state index < -0.39 is 0 Å². The molecule has 0 spiro atoms. The van der Waals surface area contributed by atoms with Crippen LogP contribution in [0.3, 0.4) is 0 Å². The van der Waals surface area contributed by atoms with Crippen LogP contribution in [0.5, 0.6) is 0 Å². The summed E-state index contributed by atoms with van der Waals surface area (Å²) in [7, 11) is 0. The number of amides is 1. The van der Waals surface area contributed by atoms with Gasteiger partial charge in [0.2, 0.25) is 0 Å². The second-order valence-electron chi connectivity index (χ2n) is 8.58. The summed E-state index contributed by atoms with van der Waals surface area (Å²) in [6.07, 6.45) is -0.295. The smallest absolute Gasteiger partial charge is 0.262 e. The zero-order valence-electron chi connectivity index (χ0n) is 18.7. The van der Waals surface area contributed by atoms with Crippen LogP contribution in [0.1, 0.15) is 27.7 Å². The maximum atomic E-state index is 14.0. The van der Waals surface area contributed by atoms with Gasteiger partial charge in [-0.1, -0.05) is 103 Å². The summed E-state index contributed by atoms with van der Waals surface area (Å²) in [5.41, 5.74) is 4.88.